The van der Waals surface area contributed by atoms with Crippen LogP contribution in [0.4, 0.5) is 0 Å². The molecule has 0 saturated heterocycles. The topological polar surface area (TPSA) is 62.2 Å². The quantitative estimate of drug-likeness (QED) is 0.693. The van der Waals surface area contributed by atoms with Crippen molar-refractivity contribution in [1.82, 2.24) is 10.3 Å². The summed E-state index contributed by atoms with van der Waals surface area (Å²) in [7, 11) is 0. The van der Waals surface area contributed by atoms with Gasteiger partial charge < -0.3 is 10.4 Å². The number of hydrogen-bond acceptors (Lipinski definition) is 3. The van der Waals surface area contributed by atoms with E-state index in [-0.39, 0.29) is 6.42 Å². The summed E-state index contributed by atoms with van der Waals surface area (Å²) in [6.07, 6.45) is 4.48. The third-order valence-corrected chi connectivity index (χ3v) is 2.21. The van der Waals surface area contributed by atoms with Crippen molar-refractivity contribution in [1.29, 1.82) is 0 Å². The predicted octanol–water partition coefficient (Wildman–Crippen LogP) is 1.34. The monoisotopic (exact) mass is 208 g/mol. The van der Waals surface area contributed by atoms with E-state index >= 15 is 0 Å². The smallest absolute Gasteiger partial charge is 0.303 e. The molecule has 15 heavy (non-hydrogen) atoms. The minimum atomic E-state index is -0.741. The van der Waals surface area contributed by atoms with Crippen LogP contribution < -0.4 is 5.32 Å². The van der Waals surface area contributed by atoms with Gasteiger partial charge in [0.2, 0.25) is 0 Å². The van der Waals surface area contributed by atoms with E-state index in [1.165, 1.54) is 5.56 Å². The fourth-order valence-electron chi connectivity index (χ4n) is 1.27. The molecule has 1 heterocycles. The molecule has 0 unspecified atom stereocenters. The number of rotatable bonds is 6. The number of aromatic nitrogens is 1. The molecule has 1 rings (SSSR count). The van der Waals surface area contributed by atoms with Crippen LogP contribution in [0.3, 0.4) is 0 Å². The lowest BCUT2D eigenvalue weighted by molar-refractivity contribution is -0.137. The van der Waals surface area contributed by atoms with Crippen LogP contribution in [0.5, 0.6) is 0 Å². The van der Waals surface area contributed by atoms with E-state index in [4.69, 9.17) is 5.11 Å². The van der Waals surface area contributed by atoms with Crippen LogP contribution in [-0.4, -0.2) is 22.6 Å². The van der Waals surface area contributed by atoms with Crippen molar-refractivity contribution >= 4 is 5.97 Å². The fourth-order valence-corrected chi connectivity index (χ4v) is 1.27. The fraction of sp³-hybridized carbons (Fsp3) is 0.455. The Morgan fingerprint density at radius 1 is 1.60 bits per heavy atom. The van der Waals surface area contributed by atoms with Crippen molar-refractivity contribution in [3.05, 3.63) is 29.6 Å². The summed E-state index contributed by atoms with van der Waals surface area (Å²) in [4.78, 5) is 14.3. The second-order valence-electron chi connectivity index (χ2n) is 3.48. The molecule has 0 aliphatic rings. The molecule has 4 heteroatoms. The van der Waals surface area contributed by atoms with Gasteiger partial charge in [0.15, 0.2) is 0 Å². The van der Waals surface area contributed by atoms with Gasteiger partial charge in [-0.25, -0.2) is 0 Å². The largest absolute Gasteiger partial charge is 0.481 e. The van der Waals surface area contributed by atoms with E-state index in [0.717, 1.165) is 18.7 Å². The molecule has 0 aliphatic carbocycles. The lowest BCUT2D eigenvalue weighted by Gasteiger charge is -2.05. The van der Waals surface area contributed by atoms with Gasteiger partial charge in [0.25, 0.3) is 0 Å². The Morgan fingerprint density at radius 3 is 3.07 bits per heavy atom. The highest BCUT2D eigenvalue weighted by Crippen LogP contribution is 2.03. The molecule has 82 valence electrons. The van der Waals surface area contributed by atoms with Crippen molar-refractivity contribution in [2.24, 2.45) is 0 Å². The number of pyridine rings is 1. The summed E-state index contributed by atoms with van der Waals surface area (Å²) >= 11 is 0. The van der Waals surface area contributed by atoms with Crippen molar-refractivity contribution in [2.45, 2.75) is 26.3 Å². The second kappa shape index (κ2) is 6.14. The predicted molar refractivity (Wildman–Crippen MR) is 57.6 cm³/mol. The molecule has 0 bridgehead atoms. The molecule has 0 fully saturated rings. The number of aryl methyl sites for hydroxylation is 1. The number of nitrogens with one attached hydrogen (secondary N) is 1. The van der Waals surface area contributed by atoms with Crippen LogP contribution >= 0.6 is 0 Å². The molecule has 4 nitrogen and oxygen atoms in total. The zero-order chi connectivity index (χ0) is 11.1. The molecule has 0 aromatic carbocycles. The Balaban J connectivity index is 2.21. The zero-order valence-corrected chi connectivity index (χ0v) is 8.86. The van der Waals surface area contributed by atoms with E-state index in [0.29, 0.717) is 6.42 Å². The van der Waals surface area contributed by atoms with Gasteiger partial charge in [-0.3, -0.25) is 9.78 Å². The first-order valence-corrected chi connectivity index (χ1v) is 5.02. The number of carboxylic acid groups (broad SMARTS) is 1. The first-order valence-electron chi connectivity index (χ1n) is 5.02. The Bertz CT molecular complexity index is 326. The summed E-state index contributed by atoms with van der Waals surface area (Å²) in [6, 6.07) is 1.97. The summed E-state index contributed by atoms with van der Waals surface area (Å²) in [6.45, 7) is 3.51. The molecule has 0 aliphatic heterocycles. The second-order valence-corrected chi connectivity index (χ2v) is 3.48. The highest BCUT2D eigenvalue weighted by atomic mass is 16.4. The Hall–Kier alpha value is -1.42. The highest BCUT2D eigenvalue weighted by Gasteiger charge is 1.98. The van der Waals surface area contributed by atoms with Crippen LogP contribution in [0, 0.1) is 6.92 Å². The number of hydrogen-bond donors (Lipinski definition) is 2. The molecule has 0 radical (unpaired) electrons. The molecular formula is C11H16N2O2. The Morgan fingerprint density at radius 2 is 2.40 bits per heavy atom. The number of carbonyl (C=O) groups is 1. The zero-order valence-electron chi connectivity index (χ0n) is 8.86. The van der Waals surface area contributed by atoms with Gasteiger partial charge in [-0.2, -0.15) is 0 Å². The number of aliphatic carboxylic acids is 1. The summed E-state index contributed by atoms with van der Waals surface area (Å²) in [5.74, 6) is -0.741. The van der Waals surface area contributed by atoms with Gasteiger partial charge in [0.05, 0.1) is 0 Å². The summed E-state index contributed by atoms with van der Waals surface area (Å²) in [5.41, 5.74) is 2.36. The van der Waals surface area contributed by atoms with Gasteiger partial charge >= 0.3 is 5.97 Å². The molecular weight excluding hydrogens is 192 g/mol. The van der Waals surface area contributed by atoms with Crippen LogP contribution in [0.1, 0.15) is 24.0 Å². The van der Waals surface area contributed by atoms with Crippen molar-refractivity contribution < 1.29 is 9.90 Å². The minimum Gasteiger partial charge on any atom is -0.481 e. The lowest BCUT2D eigenvalue weighted by Crippen LogP contribution is -2.16. The van der Waals surface area contributed by atoms with Crippen LogP contribution in [0.25, 0.3) is 0 Å². The van der Waals surface area contributed by atoms with Crippen molar-refractivity contribution in [2.75, 3.05) is 6.54 Å². The molecule has 0 atom stereocenters. The normalized spacial score (nSPS) is 10.2. The van der Waals surface area contributed by atoms with Crippen LogP contribution in [0.15, 0.2) is 18.5 Å². The van der Waals surface area contributed by atoms with Crippen molar-refractivity contribution in [3.63, 3.8) is 0 Å². The molecule has 0 saturated carbocycles. The number of carboxylic acids is 1. The third kappa shape index (κ3) is 4.56. The van der Waals surface area contributed by atoms with E-state index in [1.54, 1.807) is 6.20 Å². The third-order valence-electron chi connectivity index (χ3n) is 2.21. The average molecular weight is 208 g/mol. The van der Waals surface area contributed by atoms with Gasteiger partial charge in [-0.05, 0) is 37.1 Å². The molecule has 2 N–H and O–H groups in total. The maximum atomic E-state index is 10.2. The maximum absolute atomic E-state index is 10.2. The van der Waals surface area contributed by atoms with Gasteiger partial charge in [0, 0.05) is 25.4 Å². The number of nitrogens with zero attached hydrogens (tertiary/aromatic N) is 1. The van der Waals surface area contributed by atoms with E-state index in [2.05, 4.69) is 10.3 Å². The highest BCUT2D eigenvalue weighted by molar-refractivity contribution is 5.66. The standard InChI is InChI=1S/C11H16N2O2/c1-9-4-6-13-8-10(9)7-12-5-2-3-11(14)15/h4,6,8,12H,2-3,5,7H2,1H3,(H,14,15). The molecule has 1 aromatic heterocycles. The first-order chi connectivity index (χ1) is 7.20. The van der Waals surface area contributed by atoms with Gasteiger partial charge in [-0.1, -0.05) is 0 Å². The van der Waals surface area contributed by atoms with Crippen LogP contribution in [0.2, 0.25) is 0 Å². The summed E-state index contributed by atoms with van der Waals surface area (Å²) < 4.78 is 0. The van der Waals surface area contributed by atoms with Gasteiger partial charge in [-0.15, -0.1) is 0 Å². The van der Waals surface area contributed by atoms with Crippen molar-refractivity contribution in [3.8, 4) is 0 Å². The minimum absolute atomic E-state index is 0.221. The van der Waals surface area contributed by atoms with Crippen LogP contribution in [-0.2, 0) is 11.3 Å². The Labute approximate surface area is 89.3 Å². The SMILES string of the molecule is Cc1ccncc1CNCCCC(=O)O. The molecule has 0 spiro atoms. The first kappa shape index (κ1) is 11.7. The molecule has 0 amide bonds. The average Bonchev–Trinajstić information content (AvgIpc) is 2.20. The van der Waals surface area contributed by atoms with Gasteiger partial charge in [0.1, 0.15) is 0 Å². The lowest BCUT2D eigenvalue weighted by atomic mass is 10.1. The molecule has 1 aromatic rings. The van der Waals surface area contributed by atoms with E-state index < -0.39 is 5.97 Å². The summed E-state index contributed by atoms with van der Waals surface area (Å²) in [5, 5.41) is 11.6. The maximum Gasteiger partial charge on any atom is 0.303 e. The van der Waals surface area contributed by atoms with E-state index in [1.807, 2.05) is 19.2 Å². The van der Waals surface area contributed by atoms with E-state index in [9.17, 15) is 4.79 Å². The Kier molecular flexibility index (Phi) is 4.77.